The predicted molar refractivity (Wildman–Crippen MR) is 72.8 cm³/mol. The van der Waals surface area contributed by atoms with E-state index in [2.05, 4.69) is 4.74 Å². The Morgan fingerprint density at radius 3 is 2.38 bits per heavy atom. The second-order valence-electron chi connectivity index (χ2n) is 4.61. The molecular weight excluding hydrogens is 279 g/mol. The standard InChI is InChI=1S/C16H12F3NO/c1-10-4-3-5-14(11(10)2)15-8-13(21-16(17,18)19)7-6-12(15)9-20/h3-8H,1-2H3. The maximum atomic E-state index is 12.3. The summed E-state index contributed by atoms with van der Waals surface area (Å²) in [5.74, 6) is -0.336. The van der Waals surface area contributed by atoms with E-state index in [-0.39, 0.29) is 5.75 Å². The van der Waals surface area contributed by atoms with Gasteiger partial charge >= 0.3 is 6.36 Å². The number of rotatable bonds is 2. The van der Waals surface area contributed by atoms with Gasteiger partial charge in [0.1, 0.15) is 5.75 Å². The van der Waals surface area contributed by atoms with Crippen LogP contribution >= 0.6 is 0 Å². The molecule has 0 fully saturated rings. The van der Waals surface area contributed by atoms with Gasteiger partial charge in [0.25, 0.3) is 0 Å². The molecule has 0 heterocycles. The van der Waals surface area contributed by atoms with Crippen molar-refractivity contribution < 1.29 is 17.9 Å². The molecule has 2 aromatic carbocycles. The van der Waals surface area contributed by atoms with E-state index < -0.39 is 6.36 Å². The van der Waals surface area contributed by atoms with Crippen LogP contribution in [0, 0.1) is 25.2 Å². The van der Waals surface area contributed by atoms with Crippen molar-refractivity contribution in [1.82, 2.24) is 0 Å². The first kappa shape index (κ1) is 14.9. The topological polar surface area (TPSA) is 33.0 Å². The molecule has 0 aliphatic rings. The highest BCUT2D eigenvalue weighted by Crippen LogP contribution is 2.33. The number of hydrogen-bond donors (Lipinski definition) is 0. The number of ether oxygens (including phenoxy) is 1. The number of aryl methyl sites for hydroxylation is 1. The van der Waals surface area contributed by atoms with Crippen LogP contribution in [0.25, 0.3) is 11.1 Å². The highest BCUT2D eigenvalue weighted by molar-refractivity contribution is 5.75. The van der Waals surface area contributed by atoms with Crippen molar-refractivity contribution >= 4 is 0 Å². The Morgan fingerprint density at radius 1 is 1.05 bits per heavy atom. The molecule has 108 valence electrons. The Bertz CT molecular complexity index is 714. The predicted octanol–water partition coefficient (Wildman–Crippen LogP) is 4.74. The molecule has 2 rings (SSSR count). The Morgan fingerprint density at radius 2 is 1.76 bits per heavy atom. The lowest BCUT2D eigenvalue weighted by Gasteiger charge is -2.13. The van der Waals surface area contributed by atoms with Crippen molar-refractivity contribution in [2.45, 2.75) is 20.2 Å². The number of nitrogens with zero attached hydrogens (tertiary/aromatic N) is 1. The molecule has 0 unspecified atom stereocenters. The third-order valence-corrected chi connectivity index (χ3v) is 3.24. The highest BCUT2D eigenvalue weighted by atomic mass is 19.4. The van der Waals surface area contributed by atoms with Gasteiger partial charge in [-0.05, 0) is 48.7 Å². The zero-order valence-electron chi connectivity index (χ0n) is 11.5. The van der Waals surface area contributed by atoms with E-state index in [1.165, 1.54) is 12.1 Å². The van der Waals surface area contributed by atoms with Crippen molar-refractivity contribution in [1.29, 1.82) is 5.26 Å². The lowest BCUT2D eigenvalue weighted by atomic mass is 9.94. The molecule has 0 aliphatic carbocycles. The average Bonchev–Trinajstić information content (AvgIpc) is 2.40. The Kier molecular flexibility index (Phi) is 3.90. The number of halogens is 3. The molecule has 2 aromatic rings. The molecule has 5 heteroatoms. The summed E-state index contributed by atoms with van der Waals surface area (Å²) in [5, 5.41) is 9.15. The van der Waals surface area contributed by atoms with Gasteiger partial charge in [-0.15, -0.1) is 13.2 Å². The summed E-state index contributed by atoms with van der Waals surface area (Å²) >= 11 is 0. The fourth-order valence-electron chi connectivity index (χ4n) is 2.08. The lowest BCUT2D eigenvalue weighted by molar-refractivity contribution is -0.274. The molecule has 0 atom stereocenters. The molecule has 21 heavy (non-hydrogen) atoms. The fourth-order valence-corrected chi connectivity index (χ4v) is 2.08. The third-order valence-electron chi connectivity index (χ3n) is 3.24. The van der Waals surface area contributed by atoms with Crippen LogP contribution in [-0.2, 0) is 0 Å². The zero-order valence-corrected chi connectivity index (χ0v) is 11.5. The van der Waals surface area contributed by atoms with E-state index in [9.17, 15) is 13.2 Å². The Hall–Kier alpha value is -2.48. The molecule has 0 bridgehead atoms. The van der Waals surface area contributed by atoms with Crippen LogP contribution < -0.4 is 4.74 Å². The summed E-state index contributed by atoms with van der Waals surface area (Å²) in [6.45, 7) is 3.77. The van der Waals surface area contributed by atoms with Gasteiger partial charge in [-0.3, -0.25) is 0 Å². The first-order valence-corrected chi connectivity index (χ1v) is 6.18. The molecule has 2 nitrogen and oxygen atoms in total. The quantitative estimate of drug-likeness (QED) is 0.800. The van der Waals surface area contributed by atoms with Crippen LogP contribution in [0.5, 0.6) is 5.75 Å². The van der Waals surface area contributed by atoms with Crippen LogP contribution in [0.3, 0.4) is 0 Å². The van der Waals surface area contributed by atoms with Gasteiger partial charge in [0.05, 0.1) is 11.6 Å². The van der Waals surface area contributed by atoms with E-state index in [1.807, 2.05) is 26.0 Å². The maximum absolute atomic E-state index is 12.3. The van der Waals surface area contributed by atoms with Crippen molar-refractivity contribution in [3.63, 3.8) is 0 Å². The van der Waals surface area contributed by atoms with Gasteiger partial charge in [0.2, 0.25) is 0 Å². The van der Waals surface area contributed by atoms with Gasteiger partial charge in [-0.2, -0.15) is 5.26 Å². The van der Waals surface area contributed by atoms with E-state index in [0.29, 0.717) is 11.1 Å². The first-order chi connectivity index (χ1) is 9.81. The molecule has 0 spiro atoms. The number of benzene rings is 2. The third kappa shape index (κ3) is 3.34. The summed E-state index contributed by atoms with van der Waals surface area (Å²) in [7, 11) is 0. The second-order valence-corrected chi connectivity index (χ2v) is 4.61. The normalized spacial score (nSPS) is 11.0. The Balaban J connectivity index is 2.58. The van der Waals surface area contributed by atoms with Gasteiger partial charge in [-0.1, -0.05) is 18.2 Å². The van der Waals surface area contributed by atoms with Gasteiger partial charge in [0.15, 0.2) is 0 Å². The van der Waals surface area contributed by atoms with Gasteiger partial charge < -0.3 is 4.74 Å². The monoisotopic (exact) mass is 291 g/mol. The van der Waals surface area contributed by atoms with Crippen molar-refractivity contribution in [3.8, 4) is 22.9 Å². The summed E-state index contributed by atoms with van der Waals surface area (Å²) in [5.41, 5.74) is 3.37. The van der Waals surface area contributed by atoms with E-state index in [0.717, 1.165) is 22.8 Å². The zero-order chi connectivity index (χ0) is 15.6. The average molecular weight is 291 g/mol. The summed E-state index contributed by atoms with van der Waals surface area (Å²) in [6, 6.07) is 11.2. The minimum Gasteiger partial charge on any atom is -0.406 e. The number of nitriles is 1. The molecule has 0 saturated heterocycles. The van der Waals surface area contributed by atoms with E-state index in [4.69, 9.17) is 5.26 Å². The summed E-state index contributed by atoms with van der Waals surface area (Å²) in [4.78, 5) is 0. The second kappa shape index (κ2) is 5.49. The van der Waals surface area contributed by atoms with E-state index >= 15 is 0 Å². The minimum absolute atomic E-state index is 0.304. The van der Waals surface area contributed by atoms with Crippen LogP contribution in [-0.4, -0.2) is 6.36 Å². The van der Waals surface area contributed by atoms with Crippen molar-refractivity contribution in [2.24, 2.45) is 0 Å². The SMILES string of the molecule is Cc1cccc(-c2cc(OC(F)(F)F)ccc2C#N)c1C. The van der Waals surface area contributed by atoms with Crippen LogP contribution in [0.1, 0.15) is 16.7 Å². The lowest BCUT2D eigenvalue weighted by Crippen LogP contribution is -2.17. The van der Waals surface area contributed by atoms with Crippen LogP contribution in [0.2, 0.25) is 0 Å². The Labute approximate surface area is 120 Å². The van der Waals surface area contributed by atoms with Gasteiger partial charge in [0, 0.05) is 5.56 Å². The molecule has 0 aromatic heterocycles. The molecule has 0 N–H and O–H groups in total. The smallest absolute Gasteiger partial charge is 0.406 e. The highest BCUT2D eigenvalue weighted by Gasteiger charge is 2.31. The number of alkyl halides is 3. The van der Waals surface area contributed by atoms with Crippen LogP contribution in [0.15, 0.2) is 36.4 Å². The molecular formula is C16H12F3NO. The van der Waals surface area contributed by atoms with Crippen molar-refractivity contribution in [3.05, 3.63) is 53.1 Å². The fraction of sp³-hybridized carbons (Fsp3) is 0.188. The molecule has 0 aliphatic heterocycles. The maximum Gasteiger partial charge on any atom is 0.573 e. The summed E-state index contributed by atoms with van der Waals surface area (Å²) in [6.07, 6.45) is -4.76. The van der Waals surface area contributed by atoms with E-state index in [1.54, 1.807) is 12.1 Å². The van der Waals surface area contributed by atoms with Crippen LogP contribution in [0.4, 0.5) is 13.2 Å². The molecule has 0 radical (unpaired) electrons. The largest absolute Gasteiger partial charge is 0.573 e. The summed E-state index contributed by atoms with van der Waals surface area (Å²) < 4.78 is 40.9. The first-order valence-electron chi connectivity index (χ1n) is 6.18. The minimum atomic E-state index is -4.76. The number of hydrogen-bond acceptors (Lipinski definition) is 2. The van der Waals surface area contributed by atoms with Crippen molar-refractivity contribution in [2.75, 3.05) is 0 Å². The van der Waals surface area contributed by atoms with Gasteiger partial charge in [-0.25, -0.2) is 0 Å². The molecule has 0 amide bonds. The molecule has 0 saturated carbocycles.